The average Bonchev–Trinajstić information content (AvgIpc) is 3.09. The molecule has 9 heteroatoms. The van der Waals surface area contributed by atoms with Gasteiger partial charge in [0, 0.05) is 11.8 Å². The average molecular weight is 417 g/mol. The summed E-state index contributed by atoms with van der Waals surface area (Å²) in [6.07, 6.45) is 1.68. The van der Waals surface area contributed by atoms with Crippen LogP contribution >= 0.6 is 11.3 Å². The molecular weight excluding hydrogens is 404 g/mol. The van der Waals surface area contributed by atoms with Crippen LogP contribution in [0.15, 0.2) is 59.6 Å². The molecule has 142 valence electrons. The van der Waals surface area contributed by atoms with Gasteiger partial charge in [-0.05, 0) is 48.9 Å². The van der Waals surface area contributed by atoms with Crippen molar-refractivity contribution in [1.29, 1.82) is 0 Å². The summed E-state index contributed by atoms with van der Waals surface area (Å²) in [5.74, 6) is -1.87. The molecule has 0 aliphatic heterocycles. The molecule has 0 fully saturated rings. The zero-order valence-electron chi connectivity index (χ0n) is 14.5. The summed E-state index contributed by atoms with van der Waals surface area (Å²) in [4.78, 5) is 8.82. The van der Waals surface area contributed by atoms with E-state index >= 15 is 0 Å². The normalized spacial score (nSPS) is 11.7. The molecule has 0 unspecified atom stereocenters. The lowest BCUT2D eigenvalue weighted by molar-refractivity contribution is 0.555. The third-order valence-electron chi connectivity index (χ3n) is 4.16. The minimum absolute atomic E-state index is 0.258. The molecule has 0 saturated heterocycles. The van der Waals surface area contributed by atoms with E-state index in [-0.39, 0.29) is 5.69 Å². The van der Waals surface area contributed by atoms with Gasteiger partial charge >= 0.3 is 0 Å². The molecule has 0 spiro atoms. The monoisotopic (exact) mass is 417 g/mol. The number of hydrogen-bond donors (Lipinski definition) is 1. The topological polar surface area (TPSA) is 72.0 Å². The van der Waals surface area contributed by atoms with Gasteiger partial charge in [-0.25, -0.2) is 27.2 Å². The van der Waals surface area contributed by atoms with E-state index < -0.39 is 26.6 Å². The van der Waals surface area contributed by atoms with Crippen LogP contribution in [-0.4, -0.2) is 18.4 Å². The molecule has 0 radical (unpaired) electrons. The Labute approximate surface area is 163 Å². The lowest BCUT2D eigenvalue weighted by Crippen LogP contribution is -2.15. The molecule has 0 aliphatic rings. The van der Waals surface area contributed by atoms with Crippen molar-refractivity contribution in [3.05, 3.63) is 71.9 Å². The molecule has 0 saturated carbocycles. The number of nitrogens with one attached hydrogen (secondary N) is 1. The molecule has 0 aliphatic carbocycles. The third-order valence-corrected chi connectivity index (χ3v) is 6.55. The molecule has 0 atom stereocenters. The second-order valence-corrected chi connectivity index (χ2v) is 8.63. The van der Waals surface area contributed by atoms with E-state index in [1.165, 1.54) is 11.3 Å². The van der Waals surface area contributed by atoms with Gasteiger partial charge in [0.2, 0.25) is 0 Å². The first kappa shape index (κ1) is 18.5. The summed E-state index contributed by atoms with van der Waals surface area (Å²) >= 11 is 1.38. The largest absolute Gasteiger partial charge is 0.279 e. The molecule has 1 N–H and O–H groups in total. The fraction of sp³-hybridized carbons (Fsp3) is 0.0526. The summed E-state index contributed by atoms with van der Waals surface area (Å²) in [7, 11) is -4.31. The smallest absolute Gasteiger partial charge is 0.264 e. The number of rotatable bonds is 4. The lowest BCUT2D eigenvalue weighted by Gasteiger charge is -2.13. The number of sulfonamides is 1. The Balaban J connectivity index is 1.75. The molecule has 2 aromatic carbocycles. The number of pyridine rings is 1. The van der Waals surface area contributed by atoms with Crippen molar-refractivity contribution in [2.45, 2.75) is 11.8 Å². The van der Waals surface area contributed by atoms with E-state index in [1.807, 2.05) is 12.1 Å². The van der Waals surface area contributed by atoms with Crippen LogP contribution in [0.25, 0.3) is 20.9 Å². The van der Waals surface area contributed by atoms with Crippen LogP contribution < -0.4 is 4.72 Å². The molecule has 0 amide bonds. The van der Waals surface area contributed by atoms with Crippen molar-refractivity contribution >= 4 is 37.4 Å². The number of hydrogen-bond acceptors (Lipinski definition) is 5. The first-order valence-corrected chi connectivity index (χ1v) is 10.4. The highest BCUT2D eigenvalue weighted by Crippen LogP contribution is 2.34. The van der Waals surface area contributed by atoms with Crippen molar-refractivity contribution in [2.75, 3.05) is 4.72 Å². The molecular formula is C19H13F2N3O2S2. The fourth-order valence-corrected chi connectivity index (χ4v) is 4.95. The molecule has 4 rings (SSSR count). The van der Waals surface area contributed by atoms with Crippen molar-refractivity contribution in [1.82, 2.24) is 9.97 Å². The summed E-state index contributed by atoms with van der Waals surface area (Å²) < 4.78 is 54.8. The SMILES string of the molecule is Cc1c(NS(=O)(=O)c2cc(F)ccc2F)cccc1-c1nc2cccnc2s1. The Bertz CT molecular complexity index is 1270. The number of anilines is 1. The highest BCUT2D eigenvalue weighted by Gasteiger charge is 2.22. The molecule has 28 heavy (non-hydrogen) atoms. The maximum absolute atomic E-state index is 13.9. The lowest BCUT2D eigenvalue weighted by atomic mass is 10.1. The highest BCUT2D eigenvalue weighted by molar-refractivity contribution is 7.92. The second-order valence-electron chi connectivity index (χ2n) is 6.01. The zero-order chi connectivity index (χ0) is 19.9. The Hall–Kier alpha value is -2.91. The molecule has 4 aromatic rings. The molecule has 2 heterocycles. The first-order chi connectivity index (χ1) is 13.3. The van der Waals surface area contributed by atoms with Crippen LogP contribution in [0.4, 0.5) is 14.5 Å². The summed E-state index contributed by atoms with van der Waals surface area (Å²) in [6, 6.07) is 11.0. The quantitative estimate of drug-likeness (QED) is 0.520. The molecule has 0 bridgehead atoms. The molecule has 5 nitrogen and oxygen atoms in total. The number of nitrogens with zero attached hydrogens (tertiary/aromatic N) is 2. The van der Waals surface area contributed by atoms with Gasteiger partial charge in [0.05, 0.1) is 5.69 Å². The van der Waals surface area contributed by atoms with Gasteiger partial charge in [-0.15, -0.1) is 0 Å². The van der Waals surface area contributed by atoms with Gasteiger partial charge in [0.25, 0.3) is 10.0 Å². The van der Waals surface area contributed by atoms with E-state index in [0.717, 1.165) is 28.0 Å². The van der Waals surface area contributed by atoms with E-state index in [9.17, 15) is 17.2 Å². The Kier molecular flexibility index (Phi) is 4.56. The number of halogens is 2. The number of aromatic nitrogens is 2. The number of thiazole rings is 1. The van der Waals surface area contributed by atoms with Gasteiger partial charge in [-0.3, -0.25) is 4.72 Å². The van der Waals surface area contributed by atoms with E-state index in [0.29, 0.717) is 16.6 Å². The Morgan fingerprint density at radius 3 is 2.68 bits per heavy atom. The highest BCUT2D eigenvalue weighted by atomic mass is 32.2. The van der Waals surface area contributed by atoms with Gasteiger partial charge in [-0.1, -0.05) is 23.5 Å². The van der Waals surface area contributed by atoms with Crippen molar-refractivity contribution in [3.63, 3.8) is 0 Å². The van der Waals surface area contributed by atoms with Crippen LogP contribution in [-0.2, 0) is 10.0 Å². The predicted molar refractivity (Wildman–Crippen MR) is 105 cm³/mol. The van der Waals surface area contributed by atoms with Gasteiger partial charge in [0.1, 0.15) is 31.9 Å². The Morgan fingerprint density at radius 1 is 1.07 bits per heavy atom. The summed E-state index contributed by atoms with van der Waals surface area (Å²) in [5, 5.41) is 0.684. The fourth-order valence-electron chi connectivity index (χ4n) is 2.75. The minimum atomic E-state index is -4.31. The van der Waals surface area contributed by atoms with Crippen LogP contribution in [0.5, 0.6) is 0 Å². The van der Waals surface area contributed by atoms with Gasteiger partial charge < -0.3 is 0 Å². The summed E-state index contributed by atoms with van der Waals surface area (Å²) in [5.41, 5.74) is 2.34. The van der Waals surface area contributed by atoms with Crippen LogP contribution in [0, 0.1) is 18.6 Å². The van der Waals surface area contributed by atoms with Crippen LogP contribution in [0.3, 0.4) is 0 Å². The maximum Gasteiger partial charge on any atom is 0.264 e. The second kappa shape index (κ2) is 6.92. The predicted octanol–water partition coefficient (Wildman–Crippen LogP) is 4.75. The van der Waals surface area contributed by atoms with Gasteiger partial charge in [0.15, 0.2) is 0 Å². The molecule has 2 aromatic heterocycles. The van der Waals surface area contributed by atoms with Gasteiger partial charge in [-0.2, -0.15) is 0 Å². The van der Waals surface area contributed by atoms with Crippen molar-refractivity contribution in [2.24, 2.45) is 0 Å². The summed E-state index contributed by atoms with van der Waals surface area (Å²) in [6.45, 7) is 1.73. The number of benzene rings is 2. The van der Waals surface area contributed by atoms with Crippen molar-refractivity contribution in [3.8, 4) is 10.6 Å². The third kappa shape index (κ3) is 3.34. The standard InChI is InChI=1S/C19H13F2N3O2S2/c1-11-13(18-23-16-6-3-9-22-19(16)27-18)4-2-5-15(11)24-28(25,26)17-10-12(20)7-8-14(17)21/h2-10,24H,1H3. The number of fused-ring (bicyclic) bond motifs is 1. The Morgan fingerprint density at radius 2 is 1.89 bits per heavy atom. The van der Waals surface area contributed by atoms with E-state index in [2.05, 4.69) is 14.7 Å². The zero-order valence-corrected chi connectivity index (χ0v) is 16.1. The maximum atomic E-state index is 13.9. The van der Waals surface area contributed by atoms with E-state index in [1.54, 1.807) is 31.3 Å². The van der Waals surface area contributed by atoms with E-state index in [4.69, 9.17) is 0 Å². The van der Waals surface area contributed by atoms with Crippen LogP contribution in [0.1, 0.15) is 5.56 Å². The first-order valence-electron chi connectivity index (χ1n) is 8.14. The van der Waals surface area contributed by atoms with Crippen LogP contribution in [0.2, 0.25) is 0 Å². The van der Waals surface area contributed by atoms with Crippen molar-refractivity contribution < 1.29 is 17.2 Å². The minimum Gasteiger partial charge on any atom is -0.279 e.